The van der Waals surface area contributed by atoms with Crippen molar-refractivity contribution in [2.75, 3.05) is 18.0 Å². The molecule has 96 valence electrons. The number of carbonyl (C=O) groups excluding carboxylic acids is 1. The molecular weight excluding hydrogens is 239 g/mol. The average molecular weight is 252 g/mol. The molecule has 0 bridgehead atoms. The molecule has 1 amide bonds. The van der Waals surface area contributed by atoms with Crippen molar-refractivity contribution in [2.45, 2.75) is 6.42 Å². The molecule has 0 spiro atoms. The summed E-state index contributed by atoms with van der Waals surface area (Å²) in [4.78, 5) is 24.2. The van der Waals surface area contributed by atoms with Gasteiger partial charge in [-0.3, -0.25) is 4.79 Å². The standard InChI is InChI=1S/C12H13FN2O3/c13-8-1-2-10(9(4-8)12(17)18)15-6-7(5-14)3-11(15)16/h1-2,4,7H,3,5-6,14H2,(H,17,18). The summed E-state index contributed by atoms with van der Waals surface area (Å²) in [7, 11) is 0. The van der Waals surface area contributed by atoms with Gasteiger partial charge in [-0.2, -0.15) is 0 Å². The quantitative estimate of drug-likeness (QED) is 0.834. The van der Waals surface area contributed by atoms with Crippen molar-refractivity contribution in [1.29, 1.82) is 0 Å². The minimum Gasteiger partial charge on any atom is -0.478 e. The fourth-order valence-electron chi connectivity index (χ4n) is 2.09. The zero-order valence-corrected chi connectivity index (χ0v) is 9.60. The number of rotatable bonds is 3. The van der Waals surface area contributed by atoms with Gasteiger partial charge in [0, 0.05) is 13.0 Å². The lowest BCUT2D eigenvalue weighted by atomic mass is 10.1. The third-order valence-corrected chi connectivity index (χ3v) is 3.02. The molecule has 1 atom stereocenters. The molecule has 1 aliphatic heterocycles. The van der Waals surface area contributed by atoms with Gasteiger partial charge in [-0.05, 0) is 30.7 Å². The molecule has 0 aliphatic carbocycles. The molecule has 1 aromatic carbocycles. The second-order valence-corrected chi connectivity index (χ2v) is 4.28. The topological polar surface area (TPSA) is 83.6 Å². The number of hydrogen-bond donors (Lipinski definition) is 2. The zero-order chi connectivity index (χ0) is 13.3. The van der Waals surface area contributed by atoms with Crippen LogP contribution in [0.3, 0.4) is 0 Å². The molecule has 3 N–H and O–H groups in total. The van der Waals surface area contributed by atoms with Crippen molar-refractivity contribution >= 4 is 17.6 Å². The molecule has 1 aliphatic rings. The average Bonchev–Trinajstić information content (AvgIpc) is 2.70. The van der Waals surface area contributed by atoms with Gasteiger partial charge in [-0.15, -0.1) is 0 Å². The van der Waals surface area contributed by atoms with Crippen LogP contribution in [0.15, 0.2) is 18.2 Å². The highest BCUT2D eigenvalue weighted by molar-refractivity contribution is 6.03. The predicted molar refractivity (Wildman–Crippen MR) is 62.9 cm³/mol. The van der Waals surface area contributed by atoms with Gasteiger partial charge in [-0.25, -0.2) is 9.18 Å². The van der Waals surface area contributed by atoms with E-state index in [0.29, 0.717) is 19.5 Å². The lowest BCUT2D eigenvalue weighted by molar-refractivity contribution is -0.117. The number of amides is 1. The molecular formula is C12H13FN2O3. The zero-order valence-electron chi connectivity index (χ0n) is 9.60. The Balaban J connectivity index is 2.39. The van der Waals surface area contributed by atoms with Crippen molar-refractivity contribution < 1.29 is 19.1 Å². The van der Waals surface area contributed by atoms with E-state index < -0.39 is 11.8 Å². The number of anilines is 1. The third kappa shape index (κ3) is 2.19. The Morgan fingerprint density at radius 1 is 1.56 bits per heavy atom. The maximum absolute atomic E-state index is 13.0. The molecule has 18 heavy (non-hydrogen) atoms. The summed E-state index contributed by atoms with van der Waals surface area (Å²) >= 11 is 0. The van der Waals surface area contributed by atoms with Gasteiger partial charge >= 0.3 is 5.97 Å². The Bertz CT molecular complexity index is 504. The van der Waals surface area contributed by atoms with Crippen LogP contribution in [-0.2, 0) is 4.79 Å². The van der Waals surface area contributed by atoms with E-state index in [9.17, 15) is 14.0 Å². The van der Waals surface area contributed by atoms with Crippen LogP contribution in [-0.4, -0.2) is 30.1 Å². The molecule has 1 saturated heterocycles. The minimum atomic E-state index is -1.26. The molecule has 1 unspecified atom stereocenters. The Morgan fingerprint density at radius 3 is 2.83 bits per heavy atom. The third-order valence-electron chi connectivity index (χ3n) is 3.02. The first-order valence-electron chi connectivity index (χ1n) is 5.56. The predicted octanol–water partition coefficient (Wildman–Crippen LogP) is 0.835. The number of aromatic carboxylic acids is 1. The maximum Gasteiger partial charge on any atom is 0.337 e. The summed E-state index contributed by atoms with van der Waals surface area (Å²) in [6.45, 7) is 0.743. The smallest absolute Gasteiger partial charge is 0.337 e. The Hall–Kier alpha value is -1.95. The lowest BCUT2D eigenvalue weighted by Crippen LogP contribution is -2.27. The van der Waals surface area contributed by atoms with Crippen molar-refractivity contribution in [2.24, 2.45) is 11.7 Å². The van der Waals surface area contributed by atoms with Gasteiger partial charge in [0.15, 0.2) is 0 Å². The summed E-state index contributed by atoms with van der Waals surface area (Å²) in [6.07, 6.45) is 0.299. The summed E-state index contributed by atoms with van der Waals surface area (Å²) in [5.74, 6) is -2.06. The van der Waals surface area contributed by atoms with Crippen LogP contribution in [0.4, 0.5) is 10.1 Å². The number of carboxylic acids is 1. The first-order valence-corrected chi connectivity index (χ1v) is 5.56. The highest BCUT2D eigenvalue weighted by atomic mass is 19.1. The van der Waals surface area contributed by atoms with E-state index >= 15 is 0 Å². The van der Waals surface area contributed by atoms with Crippen LogP contribution in [0.25, 0.3) is 0 Å². The van der Waals surface area contributed by atoms with Crippen LogP contribution < -0.4 is 10.6 Å². The number of benzene rings is 1. The number of hydrogen-bond acceptors (Lipinski definition) is 3. The Kier molecular flexibility index (Phi) is 3.29. The van der Waals surface area contributed by atoms with Gasteiger partial charge in [0.2, 0.25) is 5.91 Å². The molecule has 1 heterocycles. The Labute approximate surface area is 103 Å². The van der Waals surface area contributed by atoms with E-state index in [4.69, 9.17) is 10.8 Å². The van der Waals surface area contributed by atoms with Crippen molar-refractivity contribution in [3.63, 3.8) is 0 Å². The first kappa shape index (κ1) is 12.5. The van der Waals surface area contributed by atoms with Crippen LogP contribution in [0, 0.1) is 11.7 Å². The number of nitrogens with zero attached hydrogens (tertiary/aromatic N) is 1. The first-order chi connectivity index (χ1) is 8.52. The molecule has 6 heteroatoms. The van der Waals surface area contributed by atoms with E-state index in [-0.39, 0.29) is 23.1 Å². The normalized spacial score (nSPS) is 19.3. The highest BCUT2D eigenvalue weighted by Crippen LogP contribution is 2.28. The molecule has 0 saturated carbocycles. The monoisotopic (exact) mass is 252 g/mol. The number of nitrogens with two attached hydrogens (primary N) is 1. The molecule has 1 fully saturated rings. The van der Waals surface area contributed by atoms with Crippen LogP contribution >= 0.6 is 0 Å². The van der Waals surface area contributed by atoms with Gasteiger partial charge in [-0.1, -0.05) is 0 Å². The van der Waals surface area contributed by atoms with E-state index in [0.717, 1.165) is 12.1 Å². The van der Waals surface area contributed by atoms with Crippen molar-refractivity contribution in [3.8, 4) is 0 Å². The summed E-state index contributed by atoms with van der Waals surface area (Å²) in [5.41, 5.74) is 5.52. The van der Waals surface area contributed by atoms with Crippen molar-refractivity contribution in [3.05, 3.63) is 29.6 Å². The Morgan fingerprint density at radius 2 is 2.28 bits per heavy atom. The van der Waals surface area contributed by atoms with E-state index in [1.807, 2.05) is 0 Å². The van der Waals surface area contributed by atoms with E-state index in [1.54, 1.807) is 0 Å². The summed E-state index contributed by atoms with van der Waals surface area (Å²) < 4.78 is 13.0. The number of halogens is 1. The molecule has 0 radical (unpaired) electrons. The van der Waals surface area contributed by atoms with Crippen LogP contribution in [0.1, 0.15) is 16.8 Å². The SMILES string of the molecule is NCC1CC(=O)N(c2ccc(F)cc2C(=O)O)C1. The van der Waals surface area contributed by atoms with E-state index in [1.165, 1.54) is 11.0 Å². The van der Waals surface area contributed by atoms with Gasteiger partial charge in [0.05, 0.1) is 11.3 Å². The van der Waals surface area contributed by atoms with Crippen molar-refractivity contribution in [1.82, 2.24) is 0 Å². The summed E-state index contributed by atoms with van der Waals surface area (Å²) in [5, 5.41) is 9.03. The van der Waals surface area contributed by atoms with Gasteiger partial charge in [0.25, 0.3) is 0 Å². The maximum atomic E-state index is 13.0. The number of carbonyl (C=O) groups is 2. The fraction of sp³-hybridized carbons (Fsp3) is 0.333. The van der Waals surface area contributed by atoms with Crippen LogP contribution in [0.5, 0.6) is 0 Å². The highest BCUT2D eigenvalue weighted by Gasteiger charge is 2.32. The molecule has 5 nitrogen and oxygen atoms in total. The minimum absolute atomic E-state index is 0.0178. The van der Waals surface area contributed by atoms with Gasteiger partial charge < -0.3 is 15.7 Å². The van der Waals surface area contributed by atoms with E-state index in [2.05, 4.69) is 0 Å². The molecule has 0 aromatic heterocycles. The summed E-state index contributed by atoms with van der Waals surface area (Å²) in [6, 6.07) is 3.38. The second-order valence-electron chi connectivity index (χ2n) is 4.28. The fourth-order valence-corrected chi connectivity index (χ4v) is 2.09. The molecule has 2 rings (SSSR count). The molecule has 1 aromatic rings. The van der Waals surface area contributed by atoms with Crippen LogP contribution in [0.2, 0.25) is 0 Å². The largest absolute Gasteiger partial charge is 0.478 e. The number of carboxylic acid groups (broad SMARTS) is 1. The second kappa shape index (κ2) is 4.73. The van der Waals surface area contributed by atoms with Gasteiger partial charge in [0.1, 0.15) is 5.82 Å². The lowest BCUT2D eigenvalue weighted by Gasteiger charge is -2.18.